The Labute approximate surface area is 146 Å². The molecule has 1 heterocycles. The van der Waals surface area contributed by atoms with Gasteiger partial charge in [-0.3, -0.25) is 9.59 Å². The van der Waals surface area contributed by atoms with Crippen LogP contribution in [0.15, 0.2) is 18.3 Å². The van der Waals surface area contributed by atoms with Crippen molar-refractivity contribution >= 4 is 22.8 Å². The summed E-state index contributed by atoms with van der Waals surface area (Å²) >= 11 is 0. The van der Waals surface area contributed by atoms with Crippen LogP contribution in [0, 0.1) is 5.92 Å². The summed E-state index contributed by atoms with van der Waals surface area (Å²) in [7, 11) is 3.13. The normalized spacial score (nSPS) is 10.8. The number of hydrogen-bond donors (Lipinski definition) is 1. The van der Waals surface area contributed by atoms with E-state index in [2.05, 4.69) is 4.98 Å². The van der Waals surface area contributed by atoms with Crippen LogP contribution in [0.3, 0.4) is 0 Å². The number of hydrogen-bond acceptors (Lipinski definition) is 6. The fourth-order valence-corrected chi connectivity index (χ4v) is 2.65. The van der Waals surface area contributed by atoms with E-state index in [1.54, 1.807) is 40.3 Å². The highest BCUT2D eigenvalue weighted by Crippen LogP contribution is 2.33. The molecule has 1 aromatic carbocycles. The fourth-order valence-electron chi connectivity index (χ4n) is 2.65. The van der Waals surface area contributed by atoms with Gasteiger partial charge >= 0.3 is 11.9 Å². The minimum atomic E-state index is -1.02. The molecule has 0 radical (unpaired) electrons. The topological polar surface area (TPSA) is 86.9 Å². The van der Waals surface area contributed by atoms with Crippen LogP contribution in [0.25, 0.3) is 10.9 Å². The Morgan fingerprint density at radius 1 is 1.04 bits per heavy atom. The van der Waals surface area contributed by atoms with Gasteiger partial charge in [-0.2, -0.15) is 0 Å². The number of nitrogens with one attached hydrogen (secondary N) is 1. The lowest BCUT2D eigenvalue weighted by Gasteiger charge is -2.14. The van der Waals surface area contributed by atoms with Crippen molar-refractivity contribution < 1.29 is 28.5 Å². The summed E-state index contributed by atoms with van der Waals surface area (Å²) in [5.41, 5.74) is 1.54. The van der Waals surface area contributed by atoms with Crippen LogP contribution in [-0.2, 0) is 25.5 Å². The number of methoxy groups -OCH3 is 2. The summed E-state index contributed by atoms with van der Waals surface area (Å²) in [5.74, 6) is -0.968. The zero-order valence-electron chi connectivity index (χ0n) is 14.9. The van der Waals surface area contributed by atoms with Gasteiger partial charge in [0.2, 0.25) is 0 Å². The van der Waals surface area contributed by atoms with E-state index >= 15 is 0 Å². The Hall–Kier alpha value is -2.70. The second kappa shape index (κ2) is 8.41. The number of H-pyrrole nitrogens is 1. The van der Waals surface area contributed by atoms with Gasteiger partial charge in [0, 0.05) is 17.6 Å². The summed E-state index contributed by atoms with van der Waals surface area (Å²) in [4.78, 5) is 27.5. The third kappa shape index (κ3) is 4.04. The Bertz CT molecular complexity index is 733. The summed E-state index contributed by atoms with van der Waals surface area (Å²) in [6.45, 7) is 3.79. The van der Waals surface area contributed by atoms with Gasteiger partial charge < -0.3 is 23.9 Å². The second-order valence-electron chi connectivity index (χ2n) is 5.33. The van der Waals surface area contributed by atoms with Gasteiger partial charge in [0.25, 0.3) is 0 Å². The second-order valence-corrected chi connectivity index (χ2v) is 5.33. The number of fused-ring (bicyclic) bond motifs is 1. The van der Waals surface area contributed by atoms with Crippen molar-refractivity contribution in [1.82, 2.24) is 4.98 Å². The van der Waals surface area contributed by atoms with Gasteiger partial charge in [-0.25, -0.2) is 0 Å². The SMILES string of the molecule is CCOC(=O)C(Cc1c[nH]c2c(OC)cc(OC)cc12)C(=O)OCC. The summed E-state index contributed by atoms with van der Waals surface area (Å²) in [6.07, 6.45) is 1.91. The Kier molecular flexibility index (Phi) is 6.27. The van der Waals surface area contributed by atoms with E-state index in [1.807, 2.05) is 6.07 Å². The van der Waals surface area contributed by atoms with Crippen molar-refractivity contribution in [3.05, 3.63) is 23.9 Å². The molecule has 136 valence electrons. The molecule has 0 spiro atoms. The molecule has 2 aromatic rings. The van der Waals surface area contributed by atoms with E-state index in [0.717, 1.165) is 16.5 Å². The number of esters is 2. The number of aromatic nitrogens is 1. The number of benzene rings is 1. The van der Waals surface area contributed by atoms with Crippen LogP contribution in [0.2, 0.25) is 0 Å². The number of carbonyl (C=O) groups is 2. The molecule has 0 aliphatic carbocycles. The Balaban J connectivity index is 2.41. The highest BCUT2D eigenvalue weighted by atomic mass is 16.6. The van der Waals surface area contributed by atoms with Crippen molar-refractivity contribution in [2.75, 3.05) is 27.4 Å². The molecule has 1 aromatic heterocycles. The molecule has 1 N–H and O–H groups in total. The first-order chi connectivity index (χ1) is 12.0. The van der Waals surface area contributed by atoms with Crippen molar-refractivity contribution in [2.24, 2.45) is 5.92 Å². The van der Waals surface area contributed by atoms with Gasteiger partial charge in [-0.1, -0.05) is 0 Å². The van der Waals surface area contributed by atoms with Crippen molar-refractivity contribution in [3.8, 4) is 11.5 Å². The Morgan fingerprint density at radius 3 is 2.20 bits per heavy atom. The lowest BCUT2D eigenvalue weighted by atomic mass is 9.98. The fraction of sp³-hybridized carbons (Fsp3) is 0.444. The number of rotatable bonds is 8. The smallest absolute Gasteiger partial charge is 0.320 e. The van der Waals surface area contributed by atoms with E-state index in [4.69, 9.17) is 18.9 Å². The van der Waals surface area contributed by atoms with Crippen LogP contribution >= 0.6 is 0 Å². The van der Waals surface area contributed by atoms with E-state index in [9.17, 15) is 9.59 Å². The molecule has 0 aliphatic heterocycles. The van der Waals surface area contributed by atoms with Crippen molar-refractivity contribution in [3.63, 3.8) is 0 Å². The largest absolute Gasteiger partial charge is 0.497 e. The third-order valence-corrected chi connectivity index (χ3v) is 3.83. The van der Waals surface area contributed by atoms with Crippen molar-refractivity contribution in [2.45, 2.75) is 20.3 Å². The van der Waals surface area contributed by atoms with Gasteiger partial charge in [0.05, 0.1) is 33.0 Å². The highest BCUT2D eigenvalue weighted by molar-refractivity contribution is 5.96. The molecule has 2 rings (SSSR count). The molecular formula is C18H23NO6. The number of carbonyl (C=O) groups excluding carboxylic acids is 2. The number of ether oxygens (including phenoxy) is 4. The van der Waals surface area contributed by atoms with Gasteiger partial charge in [0.1, 0.15) is 11.5 Å². The maximum atomic E-state index is 12.2. The summed E-state index contributed by atoms with van der Waals surface area (Å²) in [5, 5.41) is 0.815. The first-order valence-corrected chi connectivity index (χ1v) is 8.10. The van der Waals surface area contributed by atoms with E-state index in [0.29, 0.717) is 11.5 Å². The van der Waals surface area contributed by atoms with Crippen LogP contribution < -0.4 is 9.47 Å². The quantitative estimate of drug-likeness (QED) is 0.582. The highest BCUT2D eigenvalue weighted by Gasteiger charge is 2.31. The molecule has 0 fully saturated rings. The van der Waals surface area contributed by atoms with Crippen molar-refractivity contribution in [1.29, 1.82) is 0 Å². The first kappa shape index (κ1) is 18.6. The average Bonchev–Trinajstić information content (AvgIpc) is 3.01. The zero-order valence-corrected chi connectivity index (χ0v) is 14.9. The molecule has 0 aliphatic rings. The maximum absolute atomic E-state index is 12.2. The summed E-state index contributed by atoms with van der Waals surface area (Å²) in [6, 6.07) is 3.59. The third-order valence-electron chi connectivity index (χ3n) is 3.83. The molecule has 0 unspecified atom stereocenters. The van der Waals surface area contributed by atoms with Gasteiger partial charge in [-0.15, -0.1) is 0 Å². The molecule has 25 heavy (non-hydrogen) atoms. The van der Waals surface area contributed by atoms with E-state index < -0.39 is 17.9 Å². The molecule has 0 amide bonds. The minimum absolute atomic E-state index is 0.161. The Morgan fingerprint density at radius 2 is 1.68 bits per heavy atom. The van der Waals surface area contributed by atoms with Crippen LogP contribution in [0.5, 0.6) is 11.5 Å². The van der Waals surface area contributed by atoms with Gasteiger partial charge in [0.15, 0.2) is 5.92 Å². The predicted molar refractivity (Wildman–Crippen MR) is 91.9 cm³/mol. The monoisotopic (exact) mass is 349 g/mol. The molecular weight excluding hydrogens is 326 g/mol. The zero-order chi connectivity index (χ0) is 18.4. The average molecular weight is 349 g/mol. The molecule has 0 atom stereocenters. The lowest BCUT2D eigenvalue weighted by molar-refractivity contribution is -0.161. The number of aromatic amines is 1. The van der Waals surface area contributed by atoms with E-state index in [1.165, 1.54) is 0 Å². The minimum Gasteiger partial charge on any atom is -0.497 e. The lowest BCUT2D eigenvalue weighted by Crippen LogP contribution is -2.30. The maximum Gasteiger partial charge on any atom is 0.320 e. The molecule has 7 nitrogen and oxygen atoms in total. The molecule has 0 saturated heterocycles. The summed E-state index contributed by atoms with van der Waals surface area (Å²) < 4.78 is 20.7. The van der Waals surface area contributed by atoms with E-state index in [-0.39, 0.29) is 19.6 Å². The van der Waals surface area contributed by atoms with Crippen LogP contribution in [0.1, 0.15) is 19.4 Å². The molecule has 0 bridgehead atoms. The first-order valence-electron chi connectivity index (χ1n) is 8.10. The predicted octanol–water partition coefficient (Wildman–Crippen LogP) is 2.47. The molecule has 0 saturated carbocycles. The molecule has 7 heteroatoms. The van der Waals surface area contributed by atoms with Crippen LogP contribution in [-0.4, -0.2) is 44.4 Å². The standard InChI is InChI=1S/C18H23NO6/c1-5-24-17(20)14(18(21)25-6-2)7-11-10-19-16-13(11)8-12(22-3)9-15(16)23-4/h8-10,14,19H,5-7H2,1-4H3. The van der Waals surface area contributed by atoms with Crippen LogP contribution in [0.4, 0.5) is 0 Å². The van der Waals surface area contributed by atoms with Gasteiger partial charge in [-0.05, 0) is 31.9 Å².